The number of benzene rings is 2. The molecule has 0 aliphatic rings. The minimum atomic E-state index is -0.182. The second-order valence-electron chi connectivity index (χ2n) is 5.64. The van der Waals surface area contributed by atoms with Crippen LogP contribution in [0.4, 0.5) is 4.39 Å². The van der Waals surface area contributed by atoms with Crippen molar-refractivity contribution in [2.45, 2.75) is 5.75 Å². The number of halogens is 2. The molecule has 0 aliphatic carbocycles. The number of nitrogens with one attached hydrogen (secondary N) is 1. The summed E-state index contributed by atoms with van der Waals surface area (Å²) in [5.74, 6) is 1.03. The predicted molar refractivity (Wildman–Crippen MR) is 106 cm³/mol. The zero-order valence-electron chi connectivity index (χ0n) is 13.8. The van der Waals surface area contributed by atoms with Crippen molar-refractivity contribution in [3.63, 3.8) is 0 Å². The molecule has 0 radical (unpaired) electrons. The van der Waals surface area contributed by atoms with Gasteiger partial charge in [-0.05, 0) is 33.6 Å². The summed E-state index contributed by atoms with van der Waals surface area (Å²) in [7, 11) is 1.88. The Labute approximate surface area is 158 Å². The maximum absolute atomic E-state index is 13.5. The number of hydrogen-bond acceptors (Lipinski definition) is 2. The fraction of sp³-hybridized carbons (Fsp3) is 0.211. The van der Waals surface area contributed by atoms with Crippen LogP contribution in [0.15, 0.2) is 53.0 Å². The van der Waals surface area contributed by atoms with Gasteiger partial charge in [0.2, 0.25) is 0 Å². The molecule has 3 aromatic rings. The van der Waals surface area contributed by atoms with E-state index in [2.05, 4.69) is 21.2 Å². The minimum Gasteiger partial charge on any atom is -0.350 e. The molecular formula is C19H18BrFN2OS. The number of hydrogen-bond donors (Lipinski definition) is 1. The van der Waals surface area contributed by atoms with Crippen LogP contribution in [0, 0.1) is 5.82 Å². The molecule has 0 spiro atoms. The molecule has 130 valence electrons. The van der Waals surface area contributed by atoms with Gasteiger partial charge < -0.3 is 9.88 Å². The van der Waals surface area contributed by atoms with Crippen molar-refractivity contribution in [1.82, 2.24) is 9.88 Å². The quantitative estimate of drug-likeness (QED) is 0.584. The molecule has 1 amide bonds. The van der Waals surface area contributed by atoms with E-state index >= 15 is 0 Å². The highest BCUT2D eigenvalue weighted by atomic mass is 79.9. The molecule has 0 atom stereocenters. The number of nitrogens with zero attached hydrogens (tertiary/aromatic N) is 1. The number of aromatic nitrogens is 1. The smallest absolute Gasteiger partial charge is 0.269 e. The second-order valence-corrected chi connectivity index (χ2v) is 7.54. The van der Waals surface area contributed by atoms with Crippen LogP contribution in [0.2, 0.25) is 0 Å². The number of thioether (sulfide) groups is 1. The molecule has 0 aliphatic heterocycles. The van der Waals surface area contributed by atoms with Crippen molar-refractivity contribution < 1.29 is 9.18 Å². The molecule has 25 heavy (non-hydrogen) atoms. The number of carbonyl (C=O) groups is 1. The number of carbonyl (C=O) groups excluding carboxylic acids is 1. The number of aryl methyl sites for hydroxylation is 1. The van der Waals surface area contributed by atoms with Gasteiger partial charge in [0.15, 0.2) is 0 Å². The van der Waals surface area contributed by atoms with Gasteiger partial charge in [0, 0.05) is 36.0 Å². The largest absolute Gasteiger partial charge is 0.350 e. The molecule has 2 aromatic carbocycles. The topological polar surface area (TPSA) is 34.0 Å². The lowest BCUT2D eigenvalue weighted by atomic mass is 10.2. The van der Waals surface area contributed by atoms with Crippen LogP contribution in [0.1, 0.15) is 16.1 Å². The van der Waals surface area contributed by atoms with Crippen LogP contribution in [0.5, 0.6) is 0 Å². The normalized spacial score (nSPS) is 11.0. The molecule has 0 unspecified atom stereocenters. The SMILES string of the molecule is Cn1c(C(=O)NCCSCc2ccccc2F)c(Br)c2ccccc21. The van der Waals surface area contributed by atoms with Gasteiger partial charge in [-0.25, -0.2) is 4.39 Å². The maximum Gasteiger partial charge on any atom is 0.269 e. The molecule has 0 bridgehead atoms. The van der Waals surface area contributed by atoms with E-state index in [9.17, 15) is 9.18 Å². The van der Waals surface area contributed by atoms with Gasteiger partial charge >= 0.3 is 0 Å². The third-order valence-corrected chi connectivity index (χ3v) is 5.82. The van der Waals surface area contributed by atoms with Gasteiger partial charge in [0.1, 0.15) is 11.5 Å². The van der Waals surface area contributed by atoms with E-state index < -0.39 is 0 Å². The first-order valence-electron chi connectivity index (χ1n) is 7.92. The minimum absolute atomic E-state index is 0.114. The summed E-state index contributed by atoms with van der Waals surface area (Å²) in [6, 6.07) is 14.7. The number of rotatable bonds is 6. The van der Waals surface area contributed by atoms with Crippen LogP contribution in [0.25, 0.3) is 10.9 Å². The van der Waals surface area contributed by atoms with Gasteiger partial charge in [-0.2, -0.15) is 11.8 Å². The Hall–Kier alpha value is -1.79. The second kappa shape index (κ2) is 8.06. The molecule has 1 heterocycles. The van der Waals surface area contributed by atoms with Crippen LogP contribution in [-0.2, 0) is 12.8 Å². The summed E-state index contributed by atoms with van der Waals surface area (Å²) < 4.78 is 16.2. The zero-order valence-corrected chi connectivity index (χ0v) is 16.2. The van der Waals surface area contributed by atoms with Crippen LogP contribution < -0.4 is 5.32 Å². The van der Waals surface area contributed by atoms with E-state index in [-0.39, 0.29) is 11.7 Å². The van der Waals surface area contributed by atoms with Crippen LogP contribution in [-0.4, -0.2) is 22.8 Å². The van der Waals surface area contributed by atoms with Gasteiger partial charge in [0.05, 0.1) is 4.47 Å². The Kier molecular flexibility index (Phi) is 5.81. The molecular weight excluding hydrogens is 403 g/mol. The Morgan fingerprint density at radius 2 is 1.92 bits per heavy atom. The van der Waals surface area contributed by atoms with Crippen LogP contribution in [0.3, 0.4) is 0 Å². The van der Waals surface area contributed by atoms with E-state index in [0.29, 0.717) is 23.6 Å². The third-order valence-electron chi connectivity index (χ3n) is 4.01. The summed E-state index contributed by atoms with van der Waals surface area (Å²) in [5.41, 5.74) is 2.31. The first-order chi connectivity index (χ1) is 12.1. The highest BCUT2D eigenvalue weighted by Crippen LogP contribution is 2.30. The fourth-order valence-corrected chi connectivity index (χ4v) is 4.34. The van der Waals surface area contributed by atoms with Crippen molar-refractivity contribution >= 4 is 44.5 Å². The van der Waals surface area contributed by atoms with Crippen molar-refractivity contribution in [1.29, 1.82) is 0 Å². The Bertz CT molecular complexity index is 871. The van der Waals surface area contributed by atoms with Crippen molar-refractivity contribution in [2.75, 3.05) is 12.3 Å². The molecule has 0 saturated carbocycles. The lowest BCUT2D eigenvalue weighted by molar-refractivity contribution is 0.0947. The standard InChI is InChI=1S/C19H18BrFN2OS/c1-23-16-9-5-3-7-14(16)17(20)18(23)19(24)22-10-11-25-12-13-6-2-4-8-15(13)21/h2-9H,10-12H2,1H3,(H,22,24). The summed E-state index contributed by atoms with van der Waals surface area (Å²) in [6.45, 7) is 0.534. The number of para-hydroxylation sites is 1. The van der Waals surface area contributed by atoms with E-state index in [0.717, 1.165) is 21.1 Å². The summed E-state index contributed by atoms with van der Waals surface area (Å²) in [6.07, 6.45) is 0. The first-order valence-corrected chi connectivity index (χ1v) is 9.86. The van der Waals surface area contributed by atoms with Gasteiger partial charge in [0.25, 0.3) is 5.91 Å². The first kappa shape index (κ1) is 18.0. The maximum atomic E-state index is 13.5. The van der Waals surface area contributed by atoms with Gasteiger partial charge in [-0.1, -0.05) is 36.4 Å². The average molecular weight is 421 g/mol. The van der Waals surface area contributed by atoms with E-state index in [4.69, 9.17) is 0 Å². The van der Waals surface area contributed by atoms with Gasteiger partial charge in [-0.3, -0.25) is 4.79 Å². The average Bonchev–Trinajstić information content (AvgIpc) is 2.87. The third kappa shape index (κ3) is 3.90. The van der Waals surface area contributed by atoms with Crippen molar-refractivity contribution in [2.24, 2.45) is 7.05 Å². The fourth-order valence-electron chi connectivity index (χ4n) is 2.72. The monoisotopic (exact) mass is 420 g/mol. The molecule has 6 heteroatoms. The van der Waals surface area contributed by atoms with E-state index in [1.165, 1.54) is 6.07 Å². The molecule has 0 fully saturated rings. The predicted octanol–water partition coefficient (Wildman–Crippen LogP) is 4.74. The Morgan fingerprint density at radius 1 is 1.20 bits per heavy atom. The molecule has 3 rings (SSSR count). The van der Waals surface area contributed by atoms with E-state index in [1.54, 1.807) is 23.9 Å². The van der Waals surface area contributed by atoms with Crippen molar-refractivity contribution in [3.8, 4) is 0 Å². The Morgan fingerprint density at radius 3 is 2.68 bits per heavy atom. The molecule has 1 aromatic heterocycles. The lowest BCUT2D eigenvalue weighted by Gasteiger charge is -2.08. The Balaban J connectivity index is 1.56. The number of fused-ring (bicyclic) bond motifs is 1. The van der Waals surface area contributed by atoms with Crippen LogP contribution >= 0.6 is 27.7 Å². The molecule has 1 N–H and O–H groups in total. The summed E-state index contributed by atoms with van der Waals surface area (Å²) in [4.78, 5) is 12.5. The van der Waals surface area contributed by atoms with Crippen molar-refractivity contribution in [3.05, 3.63) is 70.1 Å². The molecule has 3 nitrogen and oxygen atoms in total. The van der Waals surface area contributed by atoms with E-state index in [1.807, 2.05) is 41.9 Å². The number of amides is 1. The highest BCUT2D eigenvalue weighted by molar-refractivity contribution is 9.10. The highest BCUT2D eigenvalue weighted by Gasteiger charge is 2.18. The zero-order chi connectivity index (χ0) is 17.8. The summed E-state index contributed by atoms with van der Waals surface area (Å²) >= 11 is 5.13. The molecule has 0 saturated heterocycles. The lowest BCUT2D eigenvalue weighted by Crippen LogP contribution is -2.27. The summed E-state index contributed by atoms with van der Waals surface area (Å²) in [5, 5.41) is 3.96. The van der Waals surface area contributed by atoms with Gasteiger partial charge in [-0.15, -0.1) is 0 Å².